The van der Waals surface area contributed by atoms with Gasteiger partial charge in [-0.25, -0.2) is 0 Å². The summed E-state index contributed by atoms with van der Waals surface area (Å²) < 4.78 is 5.30. The average Bonchev–Trinajstić information content (AvgIpc) is 2.98. The molecule has 0 amide bonds. The van der Waals surface area contributed by atoms with Crippen molar-refractivity contribution >= 4 is 0 Å². The molecule has 0 bridgehead atoms. The Kier molecular flexibility index (Phi) is 4.62. The summed E-state index contributed by atoms with van der Waals surface area (Å²) in [6.45, 7) is 4.54. The fraction of sp³-hybridized carbons (Fsp3) is 1.00. The van der Waals surface area contributed by atoms with Crippen LogP contribution in [0.3, 0.4) is 0 Å². The highest BCUT2D eigenvalue weighted by Crippen LogP contribution is 2.34. The van der Waals surface area contributed by atoms with Gasteiger partial charge in [0.1, 0.15) is 0 Å². The van der Waals surface area contributed by atoms with Gasteiger partial charge in [-0.1, -0.05) is 13.3 Å². The maximum atomic E-state index is 10.0. The number of ether oxygens (including phenoxy) is 1. The van der Waals surface area contributed by atoms with Crippen LogP contribution in [0.2, 0.25) is 0 Å². The van der Waals surface area contributed by atoms with E-state index in [2.05, 4.69) is 12.2 Å². The van der Waals surface area contributed by atoms with Crippen LogP contribution in [0.4, 0.5) is 0 Å². The van der Waals surface area contributed by atoms with E-state index in [1.54, 1.807) is 0 Å². The molecule has 2 N–H and O–H groups in total. The van der Waals surface area contributed by atoms with E-state index in [1.807, 2.05) is 0 Å². The third-order valence-corrected chi connectivity index (χ3v) is 3.89. The van der Waals surface area contributed by atoms with Gasteiger partial charge in [-0.05, 0) is 31.6 Å². The summed E-state index contributed by atoms with van der Waals surface area (Å²) in [5.74, 6) is 1.24. The molecule has 1 heterocycles. The van der Waals surface area contributed by atoms with Crippen molar-refractivity contribution in [1.82, 2.24) is 5.32 Å². The first-order valence-electron chi connectivity index (χ1n) is 6.80. The Labute approximate surface area is 98.6 Å². The molecule has 2 rings (SSSR count). The molecule has 1 aliphatic heterocycles. The van der Waals surface area contributed by atoms with Gasteiger partial charge >= 0.3 is 0 Å². The first kappa shape index (κ1) is 12.3. The zero-order valence-corrected chi connectivity index (χ0v) is 10.3. The zero-order chi connectivity index (χ0) is 11.4. The molecule has 3 unspecified atom stereocenters. The van der Waals surface area contributed by atoms with Gasteiger partial charge in [-0.15, -0.1) is 0 Å². The van der Waals surface area contributed by atoms with Crippen LogP contribution >= 0.6 is 0 Å². The highest BCUT2D eigenvalue weighted by molar-refractivity contribution is 4.87. The molecule has 0 radical (unpaired) electrons. The van der Waals surface area contributed by atoms with E-state index in [9.17, 15) is 5.11 Å². The molecule has 1 aliphatic carbocycles. The molecular weight excluding hydrogens is 202 g/mol. The van der Waals surface area contributed by atoms with Crippen LogP contribution in [-0.2, 0) is 4.74 Å². The first-order valence-corrected chi connectivity index (χ1v) is 6.80. The van der Waals surface area contributed by atoms with E-state index in [4.69, 9.17) is 4.74 Å². The molecular formula is C13H25NO2. The molecule has 16 heavy (non-hydrogen) atoms. The molecule has 0 aromatic rings. The molecule has 2 aliphatic rings. The van der Waals surface area contributed by atoms with Crippen molar-refractivity contribution in [2.24, 2.45) is 11.8 Å². The van der Waals surface area contributed by atoms with Gasteiger partial charge in [0.05, 0.1) is 12.7 Å². The minimum atomic E-state index is -0.222. The van der Waals surface area contributed by atoms with Crippen LogP contribution in [-0.4, -0.2) is 37.0 Å². The van der Waals surface area contributed by atoms with Gasteiger partial charge in [0.25, 0.3) is 0 Å². The smallest absolute Gasteiger partial charge is 0.0715 e. The number of rotatable bonds is 7. The SMILES string of the molecule is CCCC(NCC(O)C1CCOC1)C1CC1. The van der Waals surface area contributed by atoms with Crippen molar-refractivity contribution in [3.05, 3.63) is 0 Å². The molecule has 3 atom stereocenters. The second-order valence-electron chi connectivity index (χ2n) is 5.33. The topological polar surface area (TPSA) is 41.5 Å². The van der Waals surface area contributed by atoms with Gasteiger partial charge in [0.2, 0.25) is 0 Å². The van der Waals surface area contributed by atoms with Gasteiger partial charge < -0.3 is 15.2 Å². The largest absolute Gasteiger partial charge is 0.391 e. The van der Waals surface area contributed by atoms with E-state index in [0.717, 1.165) is 32.1 Å². The summed E-state index contributed by atoms with van der Waals surface area (Å²) in [6, 6.07) is 0.641. The van der Waals surface area contributed by atoms with E-state index in [0.29, 0.717) is 12.0 Å². The quantitative estimate of drug-likeness (QED) is 0.693. The predicted molar refractivity (Wildman–Crippen MR) is 64.4 cm³/mol. The highest BCUT2D eigenvalue weighted by Gasteiger charge is 2.31. The molecule has 3 nitrogen and oxygen atoms in total. The molecule has 1 saturated carbocycles. The van der Waals surface area contributed by atoms with Crippen LogP contribution < -0.4 is 5.32 Å². The lowest BCUT2D eigenvalue weighted by molar-refractivity contribution is 0.0872. The molecule has 0 spiro atoms. The molecule has 94 valence electrons. The Bertz CT molecular complexity index is 200. The summed E-state index contributed by atoms with van der Waals surface area (Å²) in [6.07, 6.45) is 6.03. The predicted octanol–water partition coefficient (Wildman–Crippen LogP) is 1.55. The van der Waals surface area contributed by atoms with Gasteiger partial charge in [0, 0.05) is 25.1 Å². The van der Waals surface area contributed by atoms with Crippen LogP contribution in [0, 0.1) is 11.8 Å². The maximum absolute atomic E-state index is 10.0. The maximum Gasteiger partial charge on any atom is 0.0715 e. The fourth-order valence-corrected chi connectivity index (χ4v) is 2.61. The second kappa shape index (κ2) is 5.99. The Morgan fingerprint density at radius 3 is 2.69 bits per heavy atom. The lowest BCUT2D eigenvalue weighted by Crippen LogP contribution is -2.40. The van der Waals surface area contributed by atoms with Crippen LogP contribution in [0.15, 0.2) is 0 Å². The number of nitrogens with one attached hydrogen (secondary N) is 1. The van der Waals surface area contributed by atoms with Gasteiger partial charge in [-0.3, -0.25) is 0 Å². The van der Waals surface area contributed by atoms with Gasteiger partial charge in [-0.2, -0.15) is 0 Å². The van der Waals surface area contributed by atoms with Crippen molar-refractivity contribution in [2.75, 3.05) is 19.8 Å². The van der Waals surface area contributed by atoms with E-state index in [1.165, 1.54) is 25.7 Å². The summed E-state index contributed by atoms with van der Waals surface area (Å²) >= 11 is 0. The molecule has 1 saturated heterocycles. The summed E-state index contributed by atoms with van der Waals surface area (Å²) in [5, 5.41) is 13.6. The second-order valence-corrected chi connectivity index (χ2v) is 5.33. The third-order valence-electron chi connectivity index (χ3n) is 3.89. The lowest BCUT2D eigenvalue weighted by Gasteiger charge is -2.22. The standard InChI is InChI=1S/C13H25NO2/c1-2-3-12(10-4-5-10)14-8-13(15)11-6-7-16-9-11/h10-15H,2-9H2,1H3. The van der Waals surface area contributed by atoms with Crippen molar-refractivity contribution in [3.8, 4) is 0 Å². The summed E-state index contributed by atoms with van der Waals surface area (Å²) in [4.78, 5) is 0. The fourth-order valence-electron chi connectivity index (χ4n) is 2.61. The minimum absolute atomic E-state index is 0.222. The summed E-state index contributed by atoms with van der Waals surface area (Å²) in [5.41, 5.74) is 0. The van der Waals surface area contributed by atoms with Crippen LogP contribution in [0.5, 0.6) is 0 Å². The first-order chi connectivity index (χ1) is 7.81. The number of hydrogen-bond donors (Lipinski definition) is 2. The van der Waals surface area contributed by atoms with Crippen molar-refractivity contribution in [1.29, 1.82) is 0 Å². The van der Waals surface area contributed by atoms with Crippen molar-refractivity contribution < 1.29 is 9.84 Å². The number of aliphatic hydroxyl groups is 1. The van der Waals surface area contributed by atoms with Crippen molar-refractivity contribution in [2.45, 2.75) is 51.2 Å². The van der Waals surface area contributed by atoms with Crippen LogP contribution in [0.1, 0.15) is 39.0 Å². The molecule has 0 aromatic heterocycles. The zero-order valence-electron chi connectivity index (χ0n) is 10.3. The van der Waals surface area contributed by atoms with E-state index < -0.39 is 0 Å². The Hall–Kier alpha value is -0.120. The molecule has 0 aromatic carbocycles. The Morgan fingerprint density at radius 1 is 1.31 bits per heavy atom. The Balaban J connectivity index is 1.67. The number of hydrogen-bond acceptors (Lipinski definition) is 3. The lowest BCUT2D eigenvalue weighted by atomic mass is 10.0. The monoisotopic (exact) mass is 227 g/mol. The van der Waals surface area contributed by atoms with E-state index >= 15 is 0 Å². The van der Waals surface area contributed by atoms with Crippen molar-refractivity contribution in [3.63, 3.8) is 0 Å². The molecule has 3 heteroatoms. The minimum Gasteiger partial charge on any atom is -0.391 e. The molecule has 2 fully saturated rings. The van der Waals surface area contributed by atoms with Gasteiger partial charge in [0.15, 0.2) is 0 Å². The summed E-state index contributed by atoms with van der Waals surface area (Å²) in [7, 11) is 0. The highest BCUT2D eigenvalue weighted by atomic mass is 16.5. The van der Waals surface area contributed by atoms with E-state index in [-0.39, 0.29) is 6.10 Å². The average molecular weight is 227 g/mol. The number of aliphatic hydroxyl groups excluding tert-OH is 1. The van der Waals surface area contributed by atoms with Crippen LogP contribution in [0.25, 0.3) is 0 Å². The normalized spacial score (nSPS) is 29.2. The Morgan fingerprint density at radius 2 is 2.12 bits per heavy atom. The third kappa shape index (κ3) is 3.44.